The molecule has 1 aromatic heterocycles. The Morgan fingerprint density at radius 1 is 0.920 bits per heavy atom. The Kier molecular flexibility index (Phi) is 4.34. The van der Waals surface area contributed by atoms with E-state index in [2.05, 4.69) is 10.2 Å². The van der Waals surface area contributed by atoms with Crippen LogP contribution in [0.3, 0.4) is 0 Å². The highest BCUT2D eigenvalue weighted by atomic mass is 16.2. The molecule has 2 fully saturated rings. The summed E-state index contributed by atoms with van der Waals surface area (Å²) in [5.41, 5.74) is 0.682. The second-order valence-corrected chi connectivity index (χ2v) is 6.95. The van der Waals surface area contributed by atoms with E-state index in [0.29, 0.717) is 12.0 Å². The number of carbonyl (C=O) groups is 2. The van der Waals surface area contributed by atoms with Gasteiger partial charge in [0, 0.05) is 30.5 Å². The molecule has 130 valence electrons. The maximum atomic E-state index is 12.7. The van der Waals surface area contributed by atoms with E-state index in [0.717, 1.165) is 25.7 Å². The Bertz CT molecular complexity index is 730. The molecule has 4 rings (SSSR count). The third kappa shape index (κ3) is 3.21. The topological polar surface area (TPSA) is 68.1 Å². The predicted octanol–water partition coefficient (Wildman–Crippen LogP) is 2.64. The van der Waals surface area contributed by atoms with Crippen LogP contribution in [0.5, 0.6) is 0 Å². The van der Waals surface area contributed by atoms with Crippen LogP contribution in [-0.2, 0) is 4.79 Å². The van der Waals surface area contributed by atoms with Gasteiger partial charge in [-0.1, -0.05) is 30.3 Å². The van der Waals surface area contributed by atoms with Gasteiger partial charge in [-0.2, -0.15) is 15.0 Å². The zero-order chi connectivity index (χ0) is 17.2. The molecule has 2 atom stereocenters. The van der Waals surface area contributed by atoms with Crippen LogP contribution < -0.4 is 0 Å². The first kappa shape index (κ1) is 16.0. The normalized spacial score (nSPS) is 25.1. The van der Waals surface area contributed by atoms with Crippen molar-refractivity contribution in [1.82, 2.24) is 19.9 Å². The number of piperidine rings is 1. The first-order chi connectivity index (χ1) is 12.2. The van der Waals surface area contributed by atoms with Gasteiger partial charge in [0.15, 0.2) is 5.78 Å². The lowest BCUT2D eigenvalue weighted by Gasteiger charge is -2.38. The van der Waals surface area contributed by atoms with Gasteiger partial charge in [0.2, 0.25) is 5.91 Å². The third-order valence-electron chi connectivity index (χ3n) is 5.42. The Morgan fingerprint density at radius 2 is 1.56 bits per heavy atom. The van der Waals surface area contributed by atoms with Crippen LogP contribution in [-0.4, -0.2) is 43.7 Å². The summed E-state index contributed by atoms with van der Waals surface area (Å²) in [6, 6.07) is 9.99. The highest BCUT2D eigenvalue weighted by Gasteiger charge is 2.43. The number of ketones is 1. The standard InChI is InChI=1S/C19H22N4O2/c24-18(14-4-2-1-3-5-14)8-9-19(25)22-15-6-7-16(22)13-17(12-15)23-20-10-11-21-23/h1-5,10-11,15-17H,6-9,12-13H2. The van der Waals surface area contributed by atoms with Crippen LogP contribution in [0.1, 0.15) is 54.9 Å². The van der Waals surface area contributed by atoms with Crippen molar-refractivity contribution in [1.29, 1.82) is 0 Å². The van der Waals surface area contributed by atoms with Crippen LogP contribution in [0.25, 0.3) is 0 Å². The number of rotatable bonds is 5. The SMILES string of the molecule is O=C(CCC(=O)N1C2CCC1CC(n1nccn1)C2)c1ccccc1. The first-order valence-corrected chi connectivity index (χ1v) is 8.97. The number of carbonyl (C=O) groups excluding carboxylic acids is 2. The number of hydrogen-bond acceptors (Lipinski definition) is 4. The summed E-state index contributed by atoms with van der Waals surface area (Å²) in [5, 5.41) is 8.51. The Labute approximate surface area is 146 Å². The fraction of sp³-hybridized carbons (Fsp3) is 0.474. The minimum absolute atomic E-state index is 0.0388. The Hall–Kier alpha value is -2.50. The zero-order valence-electron chi connectivity index (χ0n) is 14.1. The fourth-order valence-electron chi connectivity index (χ4n) is 4.28. The van der Waals surface area contributed by atoms with E-state index in [1.165, 1.54) is 0 Å². The lowest BCUT2D eigenvalue weighted by Crippen LogP contribution is -2.47. The summed E-state index contributed by atoms with van der Waals surface area (Å²) >= 11 is 0. The molecule has 2 aromatic rings. The van der Waals surface area contributed by atoms with Gasteiger partial charge >= 0.3 is 0 Å². The van der Waals surface area contributed by atoms with Gasteiger partial charge < -0.3 is 4.90 Å². The summed E-state index contributed by atoms with van der Waals surface area (Å²) in [7, 11) is 0. The lowest BCUT2D eigenvalue weighted by molar-refractivity contribution is -0.136. The molecule has 0 aliphatic carbocycles. The molecule has 0 spiro atoms. The lowest BCUT2D eigenvalue weighted by atomic mass is 9.96. The minimum Gasteiger partial charge on any atom is -0.337 e. The Morgan fingerprint density at radius 3 is 2.20 bits per heavy atom. The smallest absolute Gasteiger partial charge is 0.223 e. The number of amides is 1. The fourth-order valence-corrected chi connectivity index (χ4v) is 4.28. The molecule has 0 N–H and O–H groups in total. The molecule has 2 aliphatic heterocycles. The summed E-state index contributed by atoms with van der Waals surface area (Å²) in [5.74, 6) is 0.153. The van der Waals surface area contributed by atoms with Crippen molar-refractivity contribution in [3.63, 3.8) is 0 Å². The highest BCUT2D eigenvalue weighted by molar-refractivity contribution is 5.98. The largest absolute Gasteiger partial charge is 0.337 e. The third-order valence-corrected chi connectivity index (χ3v) is 5.42. The van der Waals surface area contributed by atoms with Crippen molar-refractivity contribution in [3.05, 3.63) is 48.3 Å². The molecule has 3 heterocycles. The van der Waals surface area contributed by atoms with E-state index in [4.69, 9.17) is 0 Å². The quantitative estimate of drug-likeness (QED) is 0.786. The van der Waals surface area contributed by atoms with Crippen LogP contribution in [0.15, 0.2) is 42.7 Å². The molecule has 1 aromatic carbocycles. The molecule has 0 saturated carbocycles. The Balaban J connectivity index is 1.36. The van der Waals surface area contributed by atoms with Crippen LogP contribution in [0.2, 0.25) is 0 Å². The maximum absolute atomic E-state index is 12.7. The molecule has 2 bridgehead atoms. The van der Waals surface area contributed by atoms with Crippen LogP contribution in [0.4, 0.5) is 0 Å². The monoisotopic (exact) mass is 338 g/mol. The van der Waals surface area contributed by atoms with Gasteiger partial charge in [-0.3, -0.25) is 9.59 Å². The van der Waals surface area contributed by atoms with Gasteiger partial charge in [-0.05, 0) is 25.7 Å². The average Bonchev–Trinajstić information content (AvgIpc) is 3.27. The molecule has 25 heavy (non-hydrogen) atoms. The summed E-state index contributed by atoms with van der Waals surface area (Å²) in [6.45, 7) is 0. The number of hydrogen-bond donors (Lipinski definition) is 0. The molecular formula is C19H22N4O2. The predicted molar refractivity (Wildman–Crippen MR) is 92.0 cm³/mol. The van der Waals surface area contributed by atoms with Crippen molar-refractivity contribution in [3.8, 4) is 0 Å². The van der Waals surface area contributed by atoms with E-state index < -0.39 is 0 Å². The van der Waals surface area contributed by atoms with Crippen LogP contribution >= 0.6 is 0 Å². The van der Waals surface area contributed by atoms with E-state index >= 15 is 0 Å². The van der Waals surface area contributed by atoms with E-state index in [1.807, 2.05) is 23.1 Å². The van der Waals surface area contributed by atoms with Gasteiger partial charge in [0.25, 0.3) is 0 Å². The van der Waals surface area contributed by atoms with Crippen molar-refractivity contribution >= 4 is 11.7 Å². The average molecular weight is 338 g/mol. The summed E-state index contributed by atoms with van der Waals surface area (Å²) in [6.07, 6.45) is 7.88. The first-order valence-electron chi connectivity index (χ1n) is 8.97. The van der Waals surface area contributed by atoms with Crippen LogP contribution in [0, 0.1) is 0 Å². The van der Waals surface area contributed by atoms with E-state index in [1.54, 1.807) is 29.3 Å². The minimum atomic E-state index is 0.0388. The van der Waals surface area contributed by atoms with E-state index in [-0.39, 0.29) is 36.2 Å². The summed E-state index contributed by atoms with van der Waals surface area (Å²) in [4.78, 5) is 28.8. The molecular weight excluding hydrogens is 316 g/mol. The second-order valence-electron chi connectivity index (χ2n) is 6.95. The molecule has 6 heteroatoms. The van der Waals surface area contributed by atoms with Gasteiger partial charge in [-0.25, -0.2) is 0 Å². The number of aromatic nitrogens is 3. The van der Waals surface area contributed by atoms with Crippen molar-refractivity contribution in [2.75, 3.05) is 0 Å². The van der Waals surface area contributed by atoms with Gasteiger partial charge in [0.1, 0.15) is 0 Å². The zero-order valence-corrected chi connectivity index (χ0v) is 14.1. The van der Waals surface area contributed by atoms with Gasteiger partial charge in [-0.15, -0.1) is 0 Å². The molecule has 2 saturated heterocycles. The maximum Gasteiger partial charge on any atom is 0.223 e. The highest BCUT2D eigenvalue weighted by Crippen LogP contribution is 2.40. The van der Waals surface area contributed by atoms with Crippen molar-refractivity contribution in [2.45, 2.75) is 56.7 Å². The van der Waals surface area contributed by atoms with Crippen molar-refractivity contribution in [2.24, 2.45) is 0 Å². The second kappa shape index (κ2) is 6.78. The number of benzene rings is 1. The van der Waals surface area contributed by atoms with Crippen molar-refractivity contribution < 1.29 is 9.59 Å². The van der Waals surface area contributed by atoms with E-state index in [9.17, 15) is 9.59 Å². The molecule has 2 aliphatic rings. The molecule has 2 unspecified atom stereocenters. The number of Topliss-reactive ketones (excluding diaryl/α,β-unsaturated/α-hetero) is 1. The summed E-state index contributed by atoms with van der Waals surface area (Å²) < 4.78 is 0. The molecule has 1 amide bonds. The number of nitrogens with zero attached hydrogens (tertiary/aromatic N) is 4. The number of fused-ring (bicyclic) bond motifs is 2. The molecule has 0 radical (unpaired) electrons. The molecule has 6 nitrogen and oxygen atoms in total. The van der Waals surface area contributed by atoms with Gasteiger partial charge in [0.05, 0.1) is 18.4 Å².